The van der Waals surface area contributed by atoms with Crippen molar-refractivity contribution in [2.45, 2.75) is 37.5 Å². The van der Waals surface area contributed by atoms with Crippen LogP contribution in [0.2, 0.25) is 0 Å². The fraction of sp³-hybridized carbons (Fsp3) is 0.643. The van der Waals surface area contributed by atoms with Crippen LogP contribution in [0.3, 0.4) is 0 Å². The SMILES string of the molecule is O=C(NC1CCCNCC1)c1cc2c(s1)CCSC2. The van der Waals surface area contributed by atoms with Gasteiger partial charge in [0.25, 0.3) is 5.91 Å². The Morgan fingerprint density at radius 2 is 2.32 bits per heavy atom. The van der Waals surface area contributed by atoms with Gasteiger partial charge in [0.15, 0.2) is 0 Å². The van der Waals surface area contributed by atoms with Crippen molar-refractivity contribution < 1.29 is 4.79 Å². The molecule has 0 bridgehead atoms. The summed E-state index contributed by atoms with van der Waals surface area (Å²) in [6, 6.07) is 2.45. The van der Waals surface area contributed by atoms with E-state index in [2.05, 4.69) is 16.7 Å². The quantitative estimate of drug-likeness (QED) is 0.880. The normalized spacial score (nSPS) is 23.5. The van der Waals surface area contributed by atoms with E-state index in [-0.39, 0.29) is 5.91 Å². The lowest BCUT2D eigenvalue weighted by atomic mass is 10.1. The van der Waals surface area contributed by atoms with Gasteiger partial charge in [-0.15, -0.1) is 11.3 Å². The summed E-state index contributed by atoms with van der Waals surface area (Å²) in [6.45, 7) is 2.10. The second-order valence-electron chi connectivity index (χ2n) is 5.21. The minimum absolute atomic E-state index is 0.135. The van der Waals surface area contributed by atoms with Crippen LogP contribution in [0.5, 0.6) is 0 Å². The van der Waals surface area contributed by atoms with Gasteiger partial charge in [0.2, 0.25) is 0 Å². The van der Waals surface area contributed by atoms with Gasteiger partial charge in [-0.1, -0.05) is 0 Å². The maximum Gasteiger partial charge on any atom is 0.261 e. The molecule has 3 rings (SSSR count). The second kappa shape index (κ2) is 6.29. The number of hydrogen-bond donors (Lipinski definition) is 2. The van der Waals surface area contributed by atoms with E-state index in [1.54, 1.807) is 11.3 Å². The van der Waals surface area contributed by atoms with Crippen molar-refractivity contribution >= 4 is 29.0 Å². The Kier molecular flexibility index (Phi) is 4.45. The summed E-state index contributed by atoms with van der Waals surface area (Å²) in [5.74, 6) is 2.41. The van der Waals surface area contributed by atoms with E-state index in [0.717, 1.165) is 49.4 Å². The summed E-state index contributed by atoms with van der Waals surface area (Å²) in [4.78, 5) is 14.6. The molecule has 1 fully saturated rings. The first-order valence-electron chi connectivity index (χ1n) is 7.04. The number of hydrogen-bond acceptors (Lipinski definition) is 4. The zero-order valence-electron chi connectivity index (χ0n) is 11.0. The first-order valence-corrected chi connectivity index (χ1v) is 9.01. The molecular formula is C14H20N2OS2. The summed E-state index contributed by atoms with van der Waals surface area (Å²) in [7, 11) is 0. The summed E-state index contributed by atoms with van der Waals surface area (Å²) in [6.07, 6.45) is 4.43. The highest BCUT2D eigenvalue weighted by atomic mass is 32.2. The molecule has 1 amide bonds. The minimum atomic E-state index is 0.135. The van der Waals surface area contributed by atoms with Crippen LogP contribution in [0.25, 0.3) is 0 Å². The molecule has 1 atom stereocenters. The zero-order chi connectivity index (χ0) is 13.1. The molecular weight excluding hydrogens is 276 g/mol. The number of carbonyl (C=O) groups excluding carboxylic acids is 1. The molecule has 1 aromatic heterocycles. The topological polar surface area (TPSA) is 41.1 Å². The molecule has 104 valence electrons. The molecule has 2 aliphatic heterocycles. The Hall–Kier alpha value is -0.520. The summed E-state index contributed by atoms with van der Waals surface area (Å²) in [5.41, 5.74) is 1.38. The van der Waals surface area contributed by atoms with Gasteiger partial charge in [-0.05, 0) is 56.2 Å². The van der Waals surface area contributed by atoms with Crippen molar-refractivity contribution in [2.24, 2.45) is 0 Å². The van der Waals surface area contributed by atoms with Crippen molar-refractivity contribution in [1.29, 1.82) is 0 Å². The Labute approximate surface area is 122 Å². The number of thioether (sulfide) groups is 1. The molecule has 0 saturated carbocycles. The highest BCUT2D eigenvalue weighted by Crippen LogP contribution is 2.31. The second-order valence-corrected chi connectivity index (χ2v) is 7.45. The third-order valence-corrected chi connectivity index (χ3v) is 6.01. The predicted molar refractivity (Wildman–Crippen MR) is 82.2 cm³/mol. The van der Waals surface area contributed by atoms with E-state index in [1.165, 1.54) is 16.2 Å². The standard InChI is InChI=1S/C14H20N2OS2/c17-14(16-11-2-1-5-15-6-3-11)13-8-10-9-18-7-4-12(10)19-13/h8,11,15H,1-7,9H2,(H,16,17). The molecule has 0 aliphatic carbocycles. The number of amides is 1. The fourth-order valence-electron chi connectivity index (χ4n) is 2.68. The van der Waals surface area contributed by atoms with E-state index < -0.39 is 0 Å². The number of fused-ring (bicyclic) bond motifs is 1. The molecule has 0 aromatic carbocycles. The van der Waals surface area contributed by atoms with E-state index in [1.807, 2.05) is 11.8 Å². The molecule has 1 aromatic rings. The highest BCUT2D eigenvalue weighted by molar-refractivity contribution is 7.98. The lowest BCUT2D eigenvalue weighted by Crippen LogP contribution is -2.34. The molecule has 19 heavy (non-hydrogen) atoms. The van der Waals surface area contributed by atoms with Crippen LogP contribution >= 0.6 is 23.1 Å². The Bertz CT molecular complexity index is 427. The van der Waals surface area contributed by atoms with Crippen molar-refractivity contribution in [3.63, 3.8) is 0 Å². The van der Waals surface area contributed by atoms with Crippen LogP contribution in [-0.4, -0.2) is 30.8 Å². The number of carbonyl (C=O) groups is 1. The molecule has 1 unspecified atom stereocenters. The van der Waals surface area contributed by atoms with Gasteiger partial charge in [-0.3, -0.25) is 4.79 Å². The number of rotatable bonds is 2. The number of aryl methyl sites for hydroxylation is 1. The lowest BCUT2D eigenvalue weighted by molar-refractivity contribution is 0.0938. The smallest absolute Gasteiger partial charge is 0.261 e. The fourth-order valence-corrected chi connectivity index (χ4v) is 4.95. The van der Waals surface area contributed by atoms with Gasteiger partial charge in [-0.25, -0.2) is 0 Å². The molecule has 2 aliphatic rings. The maximum atomic E-state index is 12.3. The van der Waals surface area contributed by atoms with Crippen LogP contribution in [0, 0.1) is 0 Å². The minimum Gasteiger partial charge on any atom is -0.349 e. The molecule has 3 heterocycles. The Morgan fingerprint density at radius 3 is 3.21 bits per heavy atom. The Balaban J connectivity index is 1.64. The third kappa shape index (κ3) is 3.33. The third-order valence-electron chi connectivity index (χ3n) is 3.76. The Morgan fingerprint density at radius 1 is 1.37 bits per heavy atom. The van der Waals surface area contributed by atoms with Gasteiger partial charge in [0, 0.05) is 16.7 Å². The highest BCUT2D eigenvalue weighted by Gasteiger charge is 2.20. The largest absolute Gasteiger partial charge is 0.349 e. The molecule has 5 heteroatoms. The molecule has 0 spiro atoms. The zero-order valence-corrected chi connectivity index (χ0v) is 12.7. The summed E-state index contributed by atoms with van der Waals surface area (Å²) < 4.78 is 0. The van der Waals surface area contributed by atoms with Crippen LogP contribution in [0.1, 0.15) is 39.4 Å². The van der Waals surface area contributed by atoms with Crippen molar-refractivity contribution in [2.75, 3.05) is 18.8 Å². The van der Waals surface area contributed by atoms with Crippen molar-refractivity contribution in [1.82, 2.24) is 10.6 Å². The van der Waals surface area contributed by atoms with E-state index in [0.29, 0.717) is 6.04 Å². The summed E-state index contributed by atoms with van der Waals surface area (Å²) in [5, 5.41) is 6.59. The van der Waals surface area contributed by atoms with Crippen molar-refractivity contribution in [3.8, 4) is 0 Å². The van der Waals surface area contributed by atoms with Gasteiger partial charge in [-0.2, -0.15) is 11.8 Å². The number of nitrogens with one attached hydrogen (secondary N) is 2. The monoisotopic (exact) mass is 296 g/mol. The maximum absolute atomic E-state index is 12.3. The van der Waals surface area contributed by atoms with E-state index in [9.17, 15) is 4.79 Å². The van der Waals surface area contributed by atoms with E-state index in [4.69, 9.17) is 0 Å². The predicted octanol–water partition coefficient (Wildman–Crippen LogP) is 2.41. The first-order chi connectivity index (χ1) is 9.33. The van der Waals surface area contributed by atoms with Gasteiger partial charge in [0.1, 0.15) is 0 Å². The van der Waals surface area contributed by atoms with Gasteiger partial charge in [0.05, 0.1) is 4.88 Å². The average molecular weight is 296 g/mol. The van der Waals surface area contributed by atoms with Gasteiger partial charge >= 0.3 is 0 Å². The van der Waals surface area contributed by atoms with E-state index >= 15 is 0 Å². The van der Waals surface area contributed by atoms with Crippen LogP contribution in [-0.2, 0) is 12.2 Å². The van der Waals surface area contributed by atoms with Crippen LogP contribution in [0.15, 0.2) is 6.07 Å². The molecule has 1 saturated heterocycles. The number of thiophene rings is 1. The van der Waals surface area contributed by atoms with Crippen LogP contribution < -0.4 is 10.6 Å². The van der Waals surface area contributed by atoms with Gasteiger partial charge < -0.3 is 10.6 Å². The first kappa shape index (κ1) is 13.5. The van der Waals surface area contributed by atoms with Crippen LogP contribution in [0.4, 0.5) is 0 Å². The summed E-state index contributed by atoms with van der Waals surface area (Å²) >= 11 is 3.66. The average Bonchev–Trinajstić information content (AvgIpc) is 2.70. The molecule has 3 nitrogen and oxygen atoms in total. The van der Waals surface area contributed by atoms with Crippen molar-refractivity contribution in [3.05, 3.63) is 21.4 Å². The molecule has 2 N–H and O–H groups in total. The lowest BCUT2D eigenvalue weighted by Gasteiger charge is -2.15. The molecule has 0 radical (unpaired) electrons.